The summed E-state index contributed by atoms with van der Waals surface area (Å²) in [5.74, 6) is 2.03. The van der Waals surface area contributed by atoms with E-state index in [0.29, 0.717) is 12.5 Å². The summed E-state index contributed by atoms with van der Waals surface area (Å²) in [6.45, 7) is 4.07. The lowest BCUT2D eigenvalue weighted by Gasteiger charge is -2.18. The number of ether oxygens (including phenoxy) is 2. The summed E-state index contributed by atoms with van der Waals surface area (Å²) in [6.07, 6.45) is 0.975. The fourth-order valence-corrected chi connectivity index (χ4v) is 3.10. The summed E-state index contributed by atoms with van der Waals surface area (Å²) in [7, 11) is 1.66. The Morgan fingerprint density at radius 1 is 1.12 bits per heavy atom. The molecule has 2 amide bonds. The fraction of sp³-hybridized carbons (Fsp3) is 0.350. The fourth-order valence-electron chi connectivity index (χ4n) is 3.10. The van der Waals surface area contributed by atoms with Crippen molar-refractivity contribution in [2.75, 3.05) is 32.1 Å². The van der Waals surface area contributed by atoms with E-state index in [1.807, 2.05) is 48.2 Å². The lowest BCUT2D eigenvalue weighted by atomic mass is 9.98. The average molecular weight is 340 g/mol. The Kier molecular flexibility index (Phi) is 5.43. The van der Waals surface area contributed by atoms with Gasteiger partial charge in [-0.2, -0.15) is 0 Å². The summed E-state index contributed by atoms with van der Waals surface area (Å²) in [5, 5.41) is 2.95. The highest BCUT2D eigenvalue weighted by atomic mass is 16.5. The number of rotatable bonds is 5. The molecule has 1 fully saturated rings. The van der Waals surface area contributed by atoms with Gasteiger partial charge < -0.3 is 19.7 Å². The van der Waals surface area contributed by atoms with E-state index in [-0.39, 0.29) is 6.03 Å². The van der Waals surface area contributed by atoms with Crippen LogP contribution in [0, 0.1) is 0 Å². The number of methoxy groups -OCH3 is 1. The van der Waals surface area contributed by atoms with Crippen LogP contribution < -0.4 is 14.8 Å². The third-order valence-electron chi connectivity index (χ3n) is 4.48. The lowest BCUT2D eigenvalue weighted by molar-refractivity contribution is 0.222. The summed E-state index contributed by atoms with van der Waals surface area (Å²) < 4.78 is 10.6. The van der Waals surface area contributed by atoms with Gasteiger partial charge in [0.25, 0.3) is 0 Å². The van der Waals surface area contributed by atoms with Crippen LogP contribution in [0.15, 0.2) is 48.5 Å². The number of anilines is 1. The van der Waals surface area contributed by atoms with Crippen LogP contribution in [0.2, 0.25) is 0 Å². The van der Waals surface area contributed by atoms with E-state index in [4.69, 9.17) is 9.47 Å². The molecule has 132 valence electrons. The van der Waals surface area contributed by atoms with E-state index in [0.717, 1.165) is 36.7 Å². The van der Waals surface area contributed by atoms with Crippen LogP contribution in [0.3, 0.4) is 0 Å². The molecule has 1 heterocycles. The molecule has 2 aromatic carbocycles. The van der Waals surface area contributed by atoms with Crippen LogP contribution in [-0.2, 0) is 0 Å². The molecule has 25 heavy (non-hydrogen) atoms. The number of hydrogen-bond acceptors (Lipinski definition) is 3. The van der Waals surface area contributed by atoms with E-state index in [1.165, 1.54) is 5.56 Å². The normalized spacial score (nSPS) is 16.6. The molecular weight excluding hydrogens is 316 g/mol. The van der Waals surface area contributed by atoms with E-state index < -0.39 is 0 Å². The zero-order valence-corrected chi connectivity index (χ0v) is 14.7. The van der Waals surface area contributed by atoms with Gasteiger partial charge in [-0.05, 0) is 55.3 Å². The van der Waals surface area contributed by atoms with Gasteiger partial charge in [0.05, 0.1) is 13.7 Å². The minimum atomic E-state index is -0.0554. The standard InChI is InChI=1S/C20H24N2O3/c1-3-25-19-10-6-17(7-11-19)21-20(23)22-13-12-16(14-22)15-4-8-18(24-2)9-5-15/h4-11,16H,3,12-14H2,1-2H3,(H,21,23). The van der Waals surface area contributed by atoms with Crippen LogP contribution in [0.1, 0.15) is 24.8 Å². The molecule has 1 unspecified atom stereocenters. The highest BCUT2D eigenvalue weighted by molar-refractivity contribution is 5.89. The molecule has 0 radical (unpaired) electrons. The van der Waals surface area contributed by atoms with Gasteiger partial charge in [0.2, 0.25) is 0 Å². The number of nitrogens with one attached hydrogen (secondary N) is 1. The van der Waals surface area contributed by atoms with Gasteiger partial charge in [0, 0.05) is 24.7 Å². The van der Waals surface area contributed by atoms with Crippen molar-refractivity contribution in [2.24, 2.45) is 0 Å². The first-order chi connectivity index (χ1) is 12.2. The van der Waals surface area contributed by atoms with E-state index in [2.05, 4.69) is 17.4 Å². The maximum Gasteiger partial charge on any atom is 0.321 e. The van der Waals surface area contributed by atoms with Gasteiger partial charge >= 0.3 is 6.03 Å². The Morgan fingerprint density at radius 2 is 1.80 bits per heavy atom. The quantitative estimate of drug-likeness (QED) is 0.891. The number of benzene rings is 2. The molecular formula is C20H24N2O3. The number of urea groups is 1. The summed E-state index contributed by atoms with van der Waals surface area (Å²) >= 11 is 0. The van der Waals surface area contributed by atoms with Gasteiger partial charge in [0.1, 0.15) is 11.5 Å². The Balaban J connectivity index is 1.56. The molecule has 1 saturated heterocycles. The second-order valence-electron chi connectivity index (χ2n) is 6.09. The first-order valence-corrected chi connectivity index (χ1v) is 8.62. The molecule has 0 aromatic heterocycles. The number of likely N-dealkylation sites (tertiary alicyclic amines) is 1. The SMILES string of the molecule is CCOc1ccc(NC(=O)N2CCC(c3ccc(OC)cc3)C2)cc1. The molecule has 0 aliphatic carbocycles. The van der Waals surface area contributed by atoms with Crippen LogP contribution in [-0.4, -0.2) is 37.7 Å². The number of amides is 2. The smallest absolute Gasteiger partial charge is 0.321 e. The highest BCUT2D eigenvalue weighted by Crippen LogP contribution is 2.29. The molecule has 1 aliphatic heterocycles. The molecule has 2 aromatic rings. The van der Waals surface area contributed by atoms with Crippen molar-refractivity contribution in [3.63, 3.8) is 0 Å². The average Bonchev–Trinajstić information content (AvgIpc) is 3.14. The maximum absolute atomic E-state index is 12.5. The largest absolute Gasteiger partial charge is 0.497 e. The van der Waals surface area contributed by atoms with Crippen molar-refractivity contribution < 1.29 is 14.3 Å². The van der Waals surface area contributed by atoms with E-state index in [1.54, 1.807) is 7.11 Å². The van der Waals surface area contributed by atoms with Gasteiger partial charge in [-0.25, -0.2) is 4.79 Å². The third kappa shape index (κ3) is 4.24. The molecule has 0 saturated carbocycles. The number of carbonyl (C=O) groups excluding carboxylic acids is 1. The van der Waals surface area contributed by atoms with Gasteiger partial charge in [-0.15, -0.1) is 0 Å². The van der Waals surface area contributed by atoms with Crippen molar-refractivity contribution in [2.45, 2.75) is 19.3 Å². The first-order valence-electron chi connectivity index (χ1n) is 8.62. The van der Waals surface area contributed by atoms with E-state index in [9.17, 15) is 4.79 Å². The molecule has 5 heteroatoms. The molecule has 1 aliphatic rings. The van der Waals surface area contributed by atoms with Crippen molar-refractivity contribution in [3.05, 3.63) is 54.1 Å². The monoisotopic (exact) mass is 340 g/mol. The summed E-state index contributed by atoms with van der Waals surface area (Å²) in [5.41, 5.74) is 2.03. The minimum absolute atomic E-state index is 0.0554. The Hall–Kier alpha value is -2.69. The Morgan fingerprint density at radius 3 is 2.44 bits per heavy atom. The van der Waals surface area contributed by atoms with Gasteiger partial charge in [-0.3, -0.25) is 0 Å². The zero-order valence-electron chi connectivity index (χ0n) is 14.7. The summed E-state index contributed by atoms with van der Waals surface area (Å²) in [6, 6.07) is 15.5. The van der Waals surface area contributed by atoms with Crippen molar-refractivity contribution in [1.82, 2.24) is 4.90 Å². The minimum Gasteiger partial charge on any atom is -0.497 e. The van der Waals surface area contributed by atoms with Gasteiger partial charge in [0.15, 0.2) is 0 Å². The van der Waals surface area contributed by atoms with Crippen LogP contribution >= 0.6 is 0 Å². The maximum atomic E-state index is 12.5. The van der Waals surface area contributed by atoms with Crippen molar-refractivity contribution in [1.29, 1.82) is 0 Å². The molecule has 0 spiro atoms. The second kappa shape index (κ2) is 7.92. The molecule has 5 nitrogen and oxygen atoms in total. The molecule has 1 N–H and O–H groups in total. The van der Waals surface area contributed by atoms with Crippen LogP contribution in [0.5, 0.6) is 11.5 Å². The number of carbonyl (C=O) groups is 1. The Labute approximate surface area is 148 Å². The number of hydrogen-bond donors (Lipinski definition) is 1. The molecule has 3 rings (SSSR count). The second-order valence-corrected chi connectivity index (χ2v) is 6.09. The topological polar surface area (TPSA) is 50.8 Å². The Bertz CT molecular complexity index is 698. The predicted octanol–water partition coefficient (Wildman–Crippen LogP) is 4.12. The van der Waals surface area contributed by atoms with E-state index >= 15 is 0 Å². The summed E-state index contributed by atoms with van der Waals surface area (Å²) in [4.78, 5) is 14.3. The highest BCUT2D eigenvalue weighted by Gasteiger charge is 2.27. The molecule has 1 atom stereocenters. The lowest BCUT2D eigenvalue weighted by Crippen LogP contribution is -2.32. The predicted molar refractivity (Wildman–Crippen MR) is 98.6 cm³/mol. The molecule has 0 bridgehead atoms. The van der Waals surface area contributed by atoms with Gasteiger partial charge in [-0.1, -0.05) is 12.1 Å². The van der Waals surface area contributed by atoms with Crippen molar-refractivity contribution in [3.8, 4) is 11.5 Å². The third-order valence-corrected chi connectivity index (χ3v) is 4.48. The zero-order chi connectivity index (χ0) is 17.6. The van der Waals surface area contributed by atoms with Crippen molar-refractivity contribution >= 4 is 11.7 Å². The first kappa shape index (κ1) is 17.1. The van der Waals surface area contributed by atoms with Crippen LogP contribution in [0.25, 0.3) is 0 Å². The number of nitrogens with zero attached hydrogens (tertiary/aromatic N) is 1. The van der Waals surface area contributed by atoms with Crippen LogP contribution in [0.4, 0.5) is 10.5 Å².